The molecule has 2 aromatic carbocycles. The Morgan fingerprint density at radius 1 is 1.10 bits per heavy atom. The summed E-state index contributed by atoms with van der Waals surface area (Å²) in [4.78, 5) is 8.92. The van der Waals surface area contributed by atoms with Gasteiger partial charge in [0.05, 0.1) is 17.1 Å². The third-order valence-electron chi connectivity index (χ3n) is 4.48. The maximum Gasteiger partial charge on any atom is 0.191 e. The molecule has 1 heterocycles. The zero-order valence-corrected chi connectivity index (χ0v) is 20.9. The van der Waals surface area contributed by atoms with Crippen LogP contribution in [0, 0.1) is 6.92 Å². The Balaban J connectivity index is 0.00000341. The Morgan fingerprint density at radius 3 is 2.39 bits per heavy atom. The minimum absolute atomic E-state index is 0. The molecule has 3 aromatic rings. The first-order valence-corrected chi connectivity index (χ1v) is 11.5. The lowest BCUT2D eigenvalue weighted by atomic mass is 10.1. The van der Waals surface area contributed by atoms with Crippen LogP contribution in [-0.2, 0) is 22.9 Å². The van der Waals surface area contributed by atoms with E-state index in [1.54, 1.807) is 30.1 Å². The van der Waals surface area contributed by atoms with E-state index < -0.39 is 9.84 Å². The van der Waals surface area contributed by atoms with Crippen molar-refractivity contribution in [3.63, 3.8) is 0 Å². The number of hydrogen-bond acceptors (Lipinski definition) is 5. The number of rotatable bonds is 7. The highest BCUT2D eigenvalue weighted by atomic mass is 127. The number of halogens is 1. The highest BCUT2D eigenvalue weighted by Crippen LogP contribution is 2.17. The van der Waals surface area contributed by atoms with Crippen LogP contribution in [0.4, 0.5) is 0 Å². The van der Waals surface area contributed by atoms with E-state index >= 15 is 0 Å². The lowest BCUT2D eigenvalue weighted by molar-refractivity contribution is 0.601. The van der Waals surface area contributed by atoms with Crippen molar-refractivity contribution in [2.75, 3.05) is 12.8 Å². The zero-order chi connectivity index (χ0) is 21.6. The van der Waals surface area contributed by atoms with Crippen LogP contribution >= 0.6 is 24.0 Å². The molecule has 8 nitrogen and oxygen atoms in total. The van der Waals surface area contributed by atoms with Crippen molar-refractivity contribution in [1.29, 1.82) is 0 Å². The van der Waals surface area contributed by atoms with E-state index in [-0.39, 0.29) is 24.0 Å². The molecule has 166 valence electrons. The maximum absolute atomic E-state index is 11.8. The second-order valence-corrected chi connectivity index (χ2v) is 8.91. The van der Waals surface area contributed by atoms with E-state index in [1.165, 1.54) is 12.6 Å². The van der Waals surface area contributed by atoms with Gasteiger partial charge in [-0.1, -0.05) is 24.3 Å². The van der Waals surface area contributed by atoms with Gasteiger partial charge in [-0.05, 0) is 48.7 Å². The SMILES string of the molecule is CCNC(=NCc1ccc(S(C)(=O)=O)c(C)c1)NCc1ccc(-n2cncn2)cc1.I. The summed E-state index contributed by atoms with van der Waals surface area (Å²) in [5.41, 5.74) is 3.74. The molecule has 3 rings (SSSR count). The average molecular weight is 554 g/mol. The third kappa shape index (κ3) is 7.03. The van der Waals surface area contributed by atoms with Gasteiger partial charge in [0.1, 0.15) is 12.7 Å². The quantitative estimate of drug-likeness (QED) is 0.265. The first-order chi connectivity index (χ1) is 14.4. The van der Waals surface area contributed by atoms with Crippen molar-refractivity contribution in [3.05, 3.63) is 71.8 Å². The van der Waals surface area contributed by atoms with Crippen LogP contribution in [0.2, 0.25) is 0 Å². The zero-order valence-electron chi connectivity index (χ0n) is 17.7. The summed E-state index contributed by atoms with van der Waals surface area (Å²) in [6, 6.07) is 13.4. The molecule has 0 amide bonds. The number of aryl methyl sites for hydroxylation is 1. The minimum atomic E-state index is -3.22. The van der Waals surface area contributed by atoms with Crippen LogP contribution in [-0.4, -0.2) is 41.9 Å². The van der Waals surface area contributed by atoms with Gasteiger partial charge in [-0.2, -0.15) is 5.10 Å². The third-order valence-corrected chi connectivity index (χ3v) is 5.74. The summed E-state index contributed by atoms with van der Waals surface area (Å²) in [5.74, 6) is 0.697. The van der Waals surface area contributed by atoms with E-state index in [0.29, 0.717) is 23.9 Å². The predicted octanol–water partition coefficient (Wildman–Crippen LogP) is 2.85. The summed E-state index contributed by atoms with van der Waals surface area (Å²) in [6.45, 7) is 5.62. The number of benzene rings is 2. The lowest BCUT2D eigenvalue weighted by Crippen LogP contribution is -2.36. The van der Waals surface area contributed by atoms with E-state index in [9.17, 15) is 8.42 Å². The van der Waals surface area contributed by atoms with Crippen LogP contribution in [0.15, 0.2) is 65.0 Å². The normalized spacial score (nSPS) is 11.6. The van der Waals surface area contributed by atoms with Gasteiger partial charge in [0.15, 0.2) is 15.8 Å². The number of aromatic nitrogens is 3. The molecule has 0 atom stereocenters. The minimum Gasteiger partial charge on any atom is -0.357 e. The van der Waals surface area contributed by atoms with Gasteiger partial charge < -0.3 is 10.6 Å². The molecular formula is C21H27IN6O2S. The molecule has 0 bridgehead atoms. The van der Waals surface area contributed by atoms with Crippen LogP contribution in [0.25, 0.3) is 5.69 Å². The monoisotopic (exact) mass is 554 g/mol. The van der Waals surface area contributed by atoms with Crippen LogP contribution in [0.1, 0.15) is 23.6 Å². The fourth-order valence-electron chi connectivity index (χ4n) is 3.03. The average Bonchev–Trinajstić information content (AvgIpc) is 3.24. The van der Waals surface area contributed by atoms with Crippen molar-refractivity contribution >= 4 is 39.8 Å². The smallest absolute Gasteiger partial charge is 0.191 e. The van der Waals surface area contributed by atoms with Crippen molar-refractivity contribution in [2.45, 2.75) is 31.8 Å². The molecule has 0 aliphatic carbocycles. The first-order valence-electron chi connectivity index (χ1n) is 9.62. The van der Waals surface area contributed by atoms with Gasteiger partial charge in [0.25, 0.3) is 0 Å². The molecule has 0 saturated heterocycles. The number of nitrogens with zero attached hydrogens (tertiary/aromatic N) is 4. The van der Waals surface area contributed by atoms with Crippen molar-refractivity contribution < 1.29 is 8.42 Å². The summed E-state index contributed by atoms with van der Waals surface area (Å²) in [5, 5.41) is 10.7. The van der Waals surface area contributed by atoms with Crippen LogP contribution < -0.4 is 10.6 Å². The number of hydrogen-bond donors (Lipinski definition) is 2. The predicted molar refractivity (Wildman–Crippen MR) is 133 cm³/mol. The van der Waals surface area contributed by atoms with Crippen LogP contribution in [0.5, 0.6) is 0 Å². The molecule has 0 saturated carbocycles. The van der Waals surface area contributed by atoms with Crippen LogP contribution in [0.3, 0.4) is 0 Å². The molecule has 2 N–H and O–H groups in total. The Bertz CT molecular complexity index is 1110. The molecule has 0 unspecified atom stereocenters. The van der Waals surface area contributed by atoms with Crippen molar-refractivity contribution in [2.24, 2.45) is 4.99 Å². The number of sulfone groups is 1. The summed E-state index contributed by atoms with van der Waals surface area (Å²) >= 11 is 0. The van der Waals surface area contributed by atoms with Gasteiger partial charge in [-0.15, -0.1) is 24.0 Å². The van der Waals surface area contributed by atoms with Crippen molar-refractivity contribution in [1.82, 2.24) is 25.4 Å². The first kappa shape index (κ1) is 24.8. The van der Waals surface area contributed by atoms with Gasteiger partial charge >= 0.3 is 0 Å². The highest BCUT2D eigenvalue weighted by Gasteiger charge is 2.10. The molecule has 1 aromatic heterocycles. The number of guanidine groups is 1. The standard InChI is InChI=1S/C21H26N6O2S.HI/c1-4-23-21(25-13-18-7-10-20(16(2)11-18)30(3,28)29)24-12-17-5-8-19(9-6-17)27-15-22-14-26-27;/h5-11,14-15H,4,12-13H2,1-3H3,(H2,23,24,25);1H. The highest BCUT2D eigenvalue weighted by molar-refractivity contribution is 14.0. The largest absolute Gasteiger partial charge is 0.357 e. The molecule has 0 aliphatic rings. The fourth-order valence-corrected chi connectivity index (χ4v) is 3.99. The van der Waals surface area contributed by atoms with Gasteiger partial charge in [-0.3, -0.25) is 0 Å². The molecule has 31 heavy (non-hydrogen) atoms. The lowest BCUT2D eigenvalue weighted by Gasteiger charge is -2.12. The maximum atomic E-state index is 11.8. The van der Waals surface area contributed by atoms with E-state index in [1.807, 2.05) is 37.3 Å². The molecule has 0 spiro atoms. The van der Waals surface area contributed by atoms with E-state index in [0.717, 1.165) is 28.9 Å². The summed E-state index contributed by atoms with van der Waals surface area (Å²) < 4.78 is 25.2. The number of aliphatic imine (C=N–C) groups is 1. The topological polar surface area (TPSA) is 101 Å². The van der Waals surface area contributed by atoms with E-state index in [4.69, 9.17) is 0 Å². The second-order valence-electron chi connectivity index (χ2n) is 6.93. The molecular weight excluding hydrogens is 527 g/mol. The Kier molecular flexibility index (Phi) is 8.99. The van der Waals surface area contributed by atoms with Gasteiger partial charge in [0.2, 0.25) is 0 Å². The van der Waals surface area contributed by atoms with Crippen molar-refractivity contribution in [3.8, 4) is 5.69 Å². The number of nitrogens with one attached hydrogen (secondary N) is 2. The Hall–Kier alpha value is -2.47. The van der Waals surface area contributed by atoms with Gasteiger partial charge in [0, 0.05) is 19.3 Å². The molecule has 0 aliphatic heterocycles. The molecule has 0 radical (unpaired) electrons. The Labute approximate surface area is 200 Å². The Morgan fingerprint density at radius 2 is 1.81 bits per heavy atom. The van der Waals surface area contributed by atoms with Gasteiger partial charge in [-0.25, -0.2) is 23.1 Å². The van der Waals surface area contributed by atoms with E-state index in [2.05, 4.69) is 25.7 Å². The molecule has 0 fully saturated rings. The fraction of sp³-hybridized carbons (Fsp3) is 0.286. The molecule has 10 heteroatoms. The second kappa shape index (κ2) is 11.2. The summed E-state index contributed by atoms with van der Waals surface area (Å²) in [6.07, 6.45) is 4.39. The summed E-state index contributed by atoms with van der Waals surface area (Å²) in [7, 11) is -3.22.